The summed E-state index contributed by atoms with van der Waals surface area (Å²) < 4.78 is 27.9. The quantitative estimate of drug-likeness (QED) is 0.725. The van der Waals surface area contributed by atoms with Crippen LogP contribution in [0.15, 0.2) is 54.7 Å². The Morgan fingerprint density at radius 1 is 1.12 bits per heavy atom. The third kappa shape index (κ3) is 3.28. The summed E-state index contributed by atoms with van der Waals surface area (Å²) in [7, 11) is 0. The van der Waals surface area contributed by atoms with E-state index in [1.54, 1.807) is 23.0 Å². The highest BCUT2D eigenvalue weighted by atomic mass is 19.1. The fourth-order valence-electron chi connectivity index (χ4n) is 3.03. The molecule has 1 saturated heterocycles. The van der Waals surface area contributed by atoms with Crippen molar-refractivity contribution in [1.29, 1.82) is 0 Å². The number of phenolic OH excluding ortho intramolecular Hbond substituents is 1. The van der Waals surface area contributed by atoms with E-state index in [0.29, 0.717) is 23.8 Å². The van der Waals surface area contributed by atoms with Gasteiger partial charge in [-0.15, -0.1) is 0 Å². The number of benzene rings is 2. The van der Waals surface area contributed by atoms with Crippen LogP contribution >= 0.6 is 0 Å². The number of rotatable bonds is 4. The number of aromatic hydroxyl groups is 1. The molecule has 1 atom stereocenters. The lowest BCUT2D eigenvalue weighted by Crippen LogP contribution is -2.18. The Morgan fingerprint density at radius 2 is 1.96 bits per heavy atom. The zero-order valence-corrected chi connectivity index (χ0v) is 14.1. The van der Waals surface area contributed by atoms with Crippen LogP contribution in [0, 0.1) is 5.82 Å². The van der Waals surface area contributed by atoms with Gasteiger partial charge in [-0.25, -0.2) is 9.07 Å². The van der Waals surface area contributed by atoms with E-state index < -0.39 is 11.6 Å². The summed E-state index contributed by atoms with van der Waals surface area (Å²) in [5.41, 5.74) is 0.516. The Hall–Kier alpha value is -2.86. The smallest absolute Gasteiger partial charge is 0.174 e. The molecule has 1 fully saturated rings. The van der Waals surface area contributed by atoms with E-state index >= 15 is 0 Å². The molecule has 1 unspecified atom stereocenters. The van der Waals surface area contributed by atoms with E-state index in [1.165, 1.54) is 6.07 Å². The predicted octanol–water partition coefficient (Wildman–Crippen LogP) is 4.89. The molecule has 0 bridgehead atoms. The molecule has 5 nitrogen and oxygen atoms in total. The summed E-state index contributed by atoms with van der Waals surface area (Å²) in [6, 6.07) is 13.7. The van der Waals surface area contributed by atoms with E-state index in [1.807, 2.05) is 30.3 Å². The van der Waals surface area contributed by atoms with Gasteiger partial charge in [-0.1, -0.05) is 24.3 Å². The molecule has 1 aliphatic rings. The van der Waals surface area contributed by atoms with Gasteiger partial charge in [0.25, 0.3) is 0 Å². The maximum absolute atomic E-state index is 14.5. The SMILES string of the molecule is Oc1cccc(-c2nn(C3CCCCO3)cc2Oc2ccccc2)c1F. The summed E-state index contributed by atoms with van der Waals surface area (Å²) >= 11 is 0. The van der Waals surface area contributed by atoms with Crippen LogP contribution in [0.3, 0.4) is 0 Å². The van der Waals surface area contributed by atoms with Crippen molar-refractivity contribution in [2.24, 2.45) is 0 Å². The minimum Gasteiger partial charge on any atom is -0.505 e. The minimum absolute atomic E-state index is 0.186. The largest absolute Gasteiger partial charge is 0.505 e. The van der Waals surface area contributed by atoms with Crippen LogP contribution in [0.4, 0.5) is 4.39 Å². The first-order valence-electron chi connectivity index (χ1n) is 8.64. The molecule has 0 saturated carbocycles. The molecule has 0 aliphatic carbocycles. The van der Waals surface area contributed by atoms with Crippen LogP contribution < -0.4 is 4.74 Å². The van der Waals surface area contributed by atoms with Gasteiger partial charge in [-0.3, -0.25) is 0 Å². The minimum atomic E-state index is -0.722. The lowest BCUT2D eigenvalue weighted by molar-refractivity contribution is -0.0394. The van der Waals surface area contributed by atoms with E-state index in [4.69, 9.17) is 9.47 Å². The van der Waals surface area contributed by atoms with Gasteiger partial charge in [0.15, 0.2) is 17.3 Å². The number of para-hydroxylation sites is 1. The van der Waals surface area contributed by atoms with Crippen LogP contribution in [0.5, 0.6) is 17.2 Å². The molecule has 4 rings (SSSR count). The summed E-state index contributed by atoms with van der Waals surface area (Å²) in [6.07, 6.45) is 4.45. The van der Waals surface area contributed by atoms with Crippen LogP contribution in [-0.4, -0.2) is 21.5 Å². The van der Waals surface area contributed by atoms with E-state index in [9.17, 15) is 9.50 Å². The van der Waals surface area contributed by atoms with Crippen LogP contribution in [0.2, 0.25) is 0 Å². The molecule has 6 heteroatoms. The average Bonchev–Trinajstić information content (AvgIpc) is 3.09. The molecule has 1 aromatic heterocycles. The van der Waals surface area contributed by atoms with Gasteiger partial charge < -0.3 is 14.6 Å². The number of phenols is 1. The van der Waals surface area contributed by atoms with Crippen molar-refractivity contribution >= 4 is 0 Å². The van der Waals surface area contributed by atoms with Crippen molar-refractivity contribution in [2.75, 3.05) is 6.61 Å². The molecule has 0 radical (unpaired) electrons. The number of halogens is 1. The Labute approximate surface area is 150 Å². The van der Waals surface area contributed by atoms with Gasteiger partial charge in [-0.05, 0) is 43.5 Å². The maximum atomic E-state index is 14.5. The maximum Gasteiger partial charge on any atom is 0.174 e. The first-order chi connectivity index (χ1) is 12.7. The molecule has 2 aromatic carbocycles. The zero-order valence-electron chi connectivity index (χ0n) is 14.1. The summed E-state index contributed by atoms with van der Waals surface area (Å²) in [4.78, 5) is 0. The highest BCUT2D eigenvalue weighted by molar-refractivity contribution is 5.68. The molecule has 134 valence electrons. The van der Waals surface area contributed by atoms with E-state index in [-0.39, 0.29) is 11.8 Å². The van der Waals surface area contributed by atoms with Crippen LogP contribution in [-0.2, 0) is 4.74 Å². The molecule has 2 heterocycles. The molecular weight excluding hydrogens is 335 g/mol. The summed E-state index contributed by atoms with van der Waals surface area (Å²) in [6.45, 7) is 0.676. The second-order valence-electron chi connectivity index (χ2n) is 6.20. The molecular formula is C20H19FN2O3. The lowest BCUT2D eigenvalue weighted by Gasteiger charge is -2.22. The van der Waals surface area contributed by atoms with Gasteiger partial charge in [0.05, 0.1) is 6.20 Å². The standard InChI is InChI=1S/C20H19FN2O3/c21-19-15(9-6-10-16(19)24)20-17(26-14-7-2-1-3-8-14)13-23(22-20)18-11-4-5-12-25-18/h1-3,6-10,13,18,24H,4-5,11-12H2. The number of hydrogen-bond acceptors (Lipinski definition) is 4. The van der Waals surface area contributed by atoms with Crippen molar-refractivity contribution in [3.8, 4) is 28.5 Å². The molecule has 1 N–H and O–H groups in total. The fraction of sp³-hybridized carbons (Fsp3) is 0.250. The number of hydrogen-bond donors (Lipinski definition) is 1. The van der Waals surface area contributed by atoms with Crippen LogP contribution in [0.25, 0.3) is 11.3 Å². The Morgan fingerprint density at radius 3 is 2.73 bits per heavy atom. The topological polar surface area (TPSA) is 56.5 Å². The van der Waals surface area contributed by atoms with Gasteiger partial charge in [-0.2, -0.15) is 5.10 Å². The van der Waals surface area contributed by atoms with Crippen molar-refractivity contribution < 1.29 is 19.0 Å². The highest BCUT2D eigenvalue weighted by Gasteiger charge is 2.23. The van der Waals surface area contributed by atoms with Gasteiger partial charge in [0.1, 0.15) is 17.7 Å². The normalized spacial score (nSPS) is 17.2. The van der Waals surface area contributed by atoms with E-state index in [2.05, 4.69) is 5.10 Å². The Kier molecular flexibility index (Phi) is 4.58. The van der Waals surface area contributed by atoms with Crippen molar-refractivity contribution in [3.63, 3.8) is 0 Å². The number of aromatic nitrogens is 2. The molecule has 0 spiro atoms. The Bertz CT molecular complexity index is 889. The first-order valence-corrected chi connectivity index (χ1v) is 8.64. The first kappa shape index (κ1) is 16.6. The average molecular weight is 354 g/mol. The summed E-state index contributed by atoms with van der Waals surface area (Å²) in [5, 5.41) is 14.2. The third-order valence-electron chi connectivity index (χ3n) is 4.35. The third-order valence-corrected chi connectivity index (χ3v) is 4.35. The van der Waals surface area contributed by atoms with E-state index in [0.717, 1.165) is 19.3 Å². The monoisotopic (exact) mass is 354 g/mol. The van der Waals surface area contributed by atoms with Crippen LogP contribution in [0.1, 0.15) is 25.5 Å². The number of nitrogens with zero attached hydrogens (tertiary/aromatic N) is 2. The van der Waals surface area contributed by atoms with Crippen molar-refractivity contribution in [1.82, 2.24) is 9.78 Å². The second-order valence-corrected chi connectivity index (χ2v) is 6.20. The predicted molar refractivity (Wildman–Crippen MR) is 94.6 cm³/mol. The second kappa shape index (κ2) is 7.17. The molecule has 0 amide bonds. The lowest BCUT2D eigenvalue weighted by atomic mass is 10.1. The van der Waals surface area contributed by atoms with Gasteiger partial charge >= 0.3 is 0 Å². The molecule has 26 heavy (non-hydrogen) atoms. The zero-order chi connectivity index (χ0) is 17.9. The van der Waals surface area contributed by atoms with Crippen molar-refractivity contribution in [3.05, 3.63) is 60.5 Å². The fourth-order valence-corrected chi connectivity index (χ4v) is 3.03. The molecule has 1 aliphatic heterocycles. The molecule has 3 aromatic rings. The number of ether oxygens (including phenoxy) is 2. The highest BCUT2D eigenvalue weighted by Crippen LogP contribution is 2.37. The Balaban J connectivity index is 1.77. The van der Waals surface area contributed by atoms with Crippen molar-refractivity contribution in [2.45, 2.75) is 25.5 Å². The van der Waals surface area contributed by atoms with Gasteiger partial charge in [0, 0.05) is 12.2 Å². The summed E-state index contributed by atoms with van der Waals surface area (Å²) in [5.74, 6) is -0.106. The van der Waals surface area contributed by atoms with Gasteiger partial charge in [0.2, 0.25) is 0 Å².